The highest BCUT2D eigenvalue weighted by molar-refractivity contribution is 5.99. The number of aryl methyl sites for hydroxylation is 2. The fraction of sp³-hybridized carbons (Fsp3) is 0.412. The van der Waals surface area contributed by atoms with Gasteiger partial charge in [0.05, 0.1) is 11.9 Å². The van der Waals surface area contributed by atoms with E-state index in [0.29, 0.717) is 16.9 Å². The highest BCUT2D eigenvalue weighted by Gasteiger charge is 2.35. The molecule has 0 spiro atoms. The minimum Gasteiger partial charge on any atom is -0.352 e. The van der Waals surface area contributed by atoms with Gasteiger partial charge >= 0.3 is 6.18 Å². The average molecular weight is 380 g/mol. The number of nitrogens with one attached hydrogen (secondary N) is 1. The first-order valence-electron chi connectivity index (χ1n) is 8.35. The summed E-state index contributed by atoms with van der Waals surface area (Å²) in [5.41, 5.74) is 1.15. The molecule has 27 heavy (non-hydrogen) atoms. The van der Waals surface area contributed by atoms with Crippen molar-refractivity contribution in [3.63, 3.8) is 0 Å². The molecule has 3 aromatic rings. The molecule has 0 saturated carbocycles. The van der Waals surface area contributed by atoms with Gasteiger partial charge in [-0.3, -0.25) is 9.48 Å². The van der Waals surface area contributed by atoms with Crippen LogP contribution in [0.1, 0.15) is 34.2 Å². The molecule has 0 bridgehead atoms. The highest BCUT2D eigenvalue weighted by Crippen LogP contribution is 2.30. The summed E-state index contributed by atoms with van der Waals surface area (Å²) in [7, 11) is 0. The molecule has 0 fully saturated rings. The minimum atomic E-state index is -4.47. The summed E-state index contributed by atoms with van der Waals surface area (Å²) in [5, 5.41) is 10.7. The van der Waals surface area contributed by atoms with Crippen molar-refractivity contribution in [1.82, 2.24) is 29.7 Å². The fourth-order valence-electron chi connectivity index (χ4n) is 2.76. The van der Waals surface area contributed by atoms with Crippen LogP contribution in [0.15, 0.2) is 24.7 Å². The average Bonchev–Trinajstić information content (AvgIpc) is 3.15. The number of aromatic nitrogens is 5. The molecule has 0 aliphatic carbocycles. The van der Waals surface area contributed by atoms with Gasteiger partial charge in [0.2, 0.25) is 0 Å². The van der Waals surface area contributed by atoms with E-state index >= 15 is 0 Å². The molecular weight excluding hydrogens is 361 g/mol. The largest absolute Gasteiger partial charge is 0.433 e. The summed E-state index contributed by atoms with van der Waals surface area (Å²) in [6, 6.07) is 1.01. The van der Waals surface area contributed by atoms with Crippen molar-refractivity contribution in [2.24, 2.45) is 5.92 Å². The molecule has 0 radical (unpaired) electrons. The Bertz CT molecular complexity index is 975. The van der Waals surface area contributed by atoms with Gasteiger partial charge in [-0.25, -0.2) is 9.50 Å². The van der Waals surface area contributed by atoms with Crippen LogP contribution in [0.3, 0.4) is 0 Å². The Kier molecular flexibility index (Phi) is 4.90. The number of rotatable bonds is 5. The fourth-order valence-corrected chi connectivity index (χ4v) is 2.76. The number of carbonyl (C=O) groups excluding carboxylic acids is 1. The van der Waals surface area contributed by atoms with Gasteiger partial charge in [-0.05, 0) is 31.4 Å². The lowest BCUT2D eigenvalue weighted by molar-refractivity contribution is -0.144. The maximum Gasteiger partial charge on any atom is 0.433 e. The van der Waals surface area contributed by atoms with E-state index in [2.05, 4.69) is 20.5 Å². The Morgan fingerprint density at radius 3 is 2.74 bits per heavy atom. The number of fused-ring (bicyclic) bond motifs is 1. The van der Waals surface area contributed by atoms with Gasteiger partial charge in [-0.2, -0.15) is 23.4 Å². The van der Waals surface area contributed by atoms with E-state index in [4.69, 9.17) is 0 Å². The third-order valence-corrected chi connectivity index (χ3v) is 4.02. The van der Waals surface area contributed by atoms with E-state index in [0.717, 1.165) is 16.3 Å². The highest BCUT2D eigenvalue weighted by atomic mass is 19.4. The van der Waals surface area contributed by atoms with Crippen LogP contribution in [0, 0.1) is 19.8 Å². The molecule has 1 amide bonds. The van der Waals surface area contributed by atoms with Gasteiger partial charge in [-0.15, -0.1) is 0 Å². The molecule has 3 aromatic heterocycles. The van der Waals surface area contributed by atoms with Crippen LogP contribution in [0.25, 0.3) is 5.65 Å². The van der Waals surface area contributed by atoms with Crippen molar-refractivity contribution < 1.29 is 18.0 Å². The molecule has 0 aliphatic rings. The number of hydrogen-bond acceptors (Lipinski definition) is 4. The molecule has 0 aromatic carbocycles. The quantitative estimate of drug-likeness (QED) is 0.738. The topological polar surface area (TPSA) is 77.1 Å². The zero-order chi connectivity index (χ0) is 19.8. The predicted octanol–water partition coefficient (Wildman–Crippen LogP) is 2.63. The van der Waals surface area contributed by atoms with Crippen molar-refractivity contribution in [3.8, 4) is 0 Å². The van der Waals surface area contributed by atoms with Crippen molar-refractivity contribution in [2.45, 2.75) is 33.5 Å². The zero-order valence-corrected chi connectivity index (χ0v) is 15.1. The lowest BCUT2D eigenvalue weighted by atomic mass is 10.1. The predicted molar refractivity (Wildman–Crippen MR) is 91.2 cm³/mol. The molecular formula is C17H19F3N6O. The SMILES string of the molecule is Cc1cnc2c(C(=O)NC[C@H](C)Cn3nc(C)cc3C(F)(F)F)cnn2c1. The molecule has 7 nitrogen and oxygen atoms in total. The summed E-state index contributed by atoms with van der Waals surface area (Å²) >= 11 is 0. The van der Waals surface area contributed by atoms with E-state index in [-0.39, 0.29) is 24.9 Å². The van der Waals surface area contributed by atoms with Gasteiger partial charge in [-0.1, -0.05) is 6.92 Å². The normalized spacial score (nSPS) is 13.1. The Labute approximate surface area is 153 Å². The number of halogens is 3. The number of carbonyl (C=O) groups is 1. The second kappa shape index (κ2) is 7.01. The summed E-state index contributed by atoms with van der Waals surface area (Å²) in [5.74, 6) is -0.632. The Hall–Kier alpha value is -2.91. The minimum absolute atomic E-state index is 0.0369. The summed E-state index contributed by atoms with van der Waals surface area (Å²) in [4.78, 5) is 16.6. The lowest BCUT2D eigenvalue weighted by Gasteiger charge is -2.15. The van der Waals surface area contributed by atoms with Crippen LogP contribution in [0.5, 0.6) is 0 Å². The van der Waals surface area contributed by atoms with Crippen LogP contribution in [-0.2, 0) is 12.7 Å². The molecule has 1 atom stereocenters. The smallest absolute Gasteiger partial charge is 0.352 e. The van der Waals surface area contributed by atoms with Crippen LogP contribution in [0.2, 0.25) is 0 Å². The van der Waals surface area contributed by atoms with Crippen LogP contribution in [0.4, 0.5) is 13.2 Å². The summed E-state index contributed by atoms with van der Waals surface area (Å²) < 4.78 is 41.6. The van der Waals surface area contributed by atoms with Crippen molar-refractivity contribution in [2.75, 3.05) is 6.54 Å². The monoisotopic (exact) mass is 380 g/mol. The molecule has 0 unspecified atom stereocenters. The molecule has 0 saturated heterocycles. The first-order chi connectivity index (χ1) is 12.6. The lowest BCUT2D eigenvalue weighted by Crippen LogP contribution is -2.31. The zero-order valence-electron chi connectivity index (χ0n) is 15.1. The Balaban J connectivity index is 1.65. The van der Waals surface area contributed by atoms with Crippen LogP contribution < -0.4 is 5.32 Å². The van der Waals surface area contributed by atoms with Crippen molar-refractivity contribution in [1.29, 1.82) is 0 Å². The molecule has 144 valence electrons. The molecule has 0 aliphatic heterocycles. The molecule has 3 heterocycles. The van der Waals surface area contributed by atoms with Crippen LogP contribution >= 0.6 is 0 Å². The number of hydrogen-bond donors (Lipinski definition) is 1. The van der Waals surface area contributed by atoms with E-state index in [1.54, 1.807) is 19.3 Å². The number of alkyl halides is 3. The standard InChI is InChI=1S/C17H19F3N6O/c1-10-5-21-15-13(7-23-26(15)9-10)16(27)22-6-11(2)8-25-14(17(18,19)20)4-12(3)24-25/h4-5,7,9,11H,6,8H2,1-3H3,(H,22,27)/t11-/m0/s1. The molecule has 10 heteroatoms. The second-order valence-electron chi connectivity index (χ2n) is 6.62. The van der Waals surface area contributed by atoms with E-state index < -0.39 is 11.9 Å². The van der Waals surface area contributed by atoms with E-state index in [9.17, 15) is 18.0 Å². The van der Waals surface area contributed by atoms with Crippen molar-refractivity contribution in [3.05, 3.63) is 47.2 Å². The second-order valence-corrected chi connectivity index (χ2v) is 6.62. The first kappa shape index (κ1) is 18.9. The maximum atomic E-state index is 13.0. The van der Waals surface area contributed by atoms with Gasteiger partial charge in [0.1, 0.15) is 11.3 Å². The van der Waals surface area contributed by atoms with Gasteiger partial charge < -0.3 is 5.32 Å². The maximum absolute atomic E-state index is 13.0. The Morgan fingerprint density at radius 1 is 1.30 bits per heavy atom. The van der Waals surface area contributed by atoms with Crippen LogP contribution in [-0.4, -0.2) is 36.8 Å². The molecule has 1 N–H and O–H groups in total. The van der Waals surface area contributed by atoms with Gasteiger partial charge in [0, 0.05) is 25.5 Å². The van der Waals surface area contributed by atoms with E-state index in [1.165, 1.54) is 17.6 Å². The van der Waals surface area contributed by atoms with E-state index in [1.807, 2.05) is 6.92 Å². The van der Waals surface area contributed by atoms with Gasteiger partial charge in [0.15, 0.2) is 5.65 Å². The number of nitrogens with zero attached hydrogens (tertiary/aromatic N) is 5. The number of amides is 1. The summed E-state index contributed by atoms with van der Waals surface area (Å²) in [6.45, 7) is 5.35. The first-order valence-corrected chi connectivity index (χ1v) is 8.35. The summed E-state index contributed by atoms with van der Waals surface area (Å²) in [6.07, 6.45) is 0.334. The molecule has 3 rings (SSSR count). The van der Waals surface area contributed by atoms with Gasteiger partial charge in [0.25, 0.3) is 5.91 Å². The third kappa shape index (κ3) is 4.09. The van der Waals surface area contributed by atoms with Crippen molar-refractivity contribution >= 4 is 11.6 Å². The third-order valence-electron chi connectivity index (χ3n) is 4.02. The Morgan fingerprint density at radius 2 is 2.04 bits per heavy atom.